The number of aromatic hydroxyl groups is 1. The number of phenolic OH excluding ortho intramolecular Hbond substituents is 1. The Morgan fingerprint density at radius 2 is 1.57 bits per heavy atom. The lowest BCUT2D eigenvalue weighted by molar-refractivity contribution is 0.0687. The number of hydrazine groups is 1. The topological polar surface area (TPSA) is 139 Å². The van der Waals surface area contributed by atoms with Crippen LogP contribution in [0, 0.1) is 12.3 Å². The summed E-state index contributed by atoms with van der Waals surface area (Å²) in [7, 11) is -2.43. The summed E-state index contributed by atoms with van der Waals surface area (Å²) in [5.41, 5.74) is 1.51. The minimum absolute atomic E-state index is 0.0606. The number of terminal acetylenes is 1. The largest absolute Gasteiger partial charge is 0.508 e. The van der Waals surface area contributed by atoms with Crippen LogP contribution in [-0.4, -0.2) is 79.2 Å². The average Bonchev–Trinajstić information content (AvgIpc) is 3.01. The zero-order valence-corrected chi connectivity index (χ0v) is 26.0. The quantitative estimate of drug-likeness (QED) is 0.151. The highest BCUT2D eigenvalue weighted by atomic mass is 32.2. The van der Waals surface area contributed by atoms with E-state index in [9.17, 15) is 28.2 Å². The van der Waals surface area contributed by atoms with Gasteiger partial charge in [-0.3, -0.25) is 9.59 Å². The fourth-order valence-electron chi connectivity index (χ4n) is 4.73. The monoisotopic (exact) mass is 620 g/mol. The molecule has 11 heteroatoms. The van der Waals surface area contributed by atoms with Crippen LogP contribution in [0.5, 0.6) is 5.75 Å². The van der Waals surface area contributed by atoms with Gasteiger partial charge >= 0.3 is 0 Å². The lowest BCUT2D eigenvalue weighted by Crippen LogP contribution is -2.52. The van der Waals surface area contributed by atoms with Gasteiger partial charge in [0.2, 0.25) is 0 Å². The van der Waals surface area contributed by atoms with Gasteiger partial charge in [-0.2, -0.15) is 0 Å². The summed E-state index contributed by atoms with van der Waals surface area (Å²) >= 11 is 0. The van der Waals surface area contributed by atoms with E-state index in [0.29, 0.717) is 24.2 Å². The number of sulfonamides is 1. The number of rotatable bonds is 15. The summed E-state index contributed by atoms with van der Waals surface area (Å²) in [5.74, 6) is 1.78. The lowest BCUT2D eigenvalue weighted by Gasteiger charge is -2.28. The second kappa shape index (κ2) is 16.0. The van der Waals surface area contributed by atoms with Gasteiger partial charge in [0.05, 0.1) is 17.0 Å². The Balaban J connectivity index is 1.86. The van der Waals surface area contributed by atoms with Gasteiger partial charge in [-0.15, -0.1) is 11.3 Å². The molecule has 44 heavy (non-hydrogen) atoms. The Morgan fingerprint density at radius 1 is 0.955 bits per heavy atom. The number of phenols is 1. The lowest BCUT2D eigenvalue weighted by atomic mass is 9.99. The molecule has 4 N–H and O–H groups in total. The summed E-state index contributed by atoms with van der Waals surface area (Å²) in [6.45, 7) is 4.92. The van der Waals surface area contributed by atoms with Crippen molar-refractivity contribution in [3.05, 3.63) is 95.1 Å². The maximum absolute atomic E-state index is 13.6. The number of carbonyl (C=O) groups is 2. The molecule has 0 aliphatic rings. The van der Waals surface area contributed by atoms with Gasteiger partial charge in [-0.1, -0.05) is 50.1 Å². The van der Waals surface area contributed by atoms with Gasteiger partial charge < -0.3 is 20.4 Å². The molecular formula is C33H40N4O6S. The van der Waals surface area contributed by atoms with Crippen molar-refractivity contribution in [1.29, 1.82) is 0 Å². The molecular weight excluding hydrogens is 580 g/mol. The first-order chi connectivity index (χ1) is 21.0. The Hall–Kier alpha value is -4.21. The maximum Gasteiger partial charge on any atom is 0.253 e. The smallest absolute Gasteiger partial charge is 0.253 e. The van der Waals surface area contributed by atoms with Crippen molar-refractivity contribution < 1.29 is 28.2 Å². The number of carbonyl (C=O) groups excluding carboxylic acids is 2. The van der Waals surface area contributed by atoms with E-state index < -0.39 is 28.1 Å². The molecule has 0 aliphatic carbocycles. The molecule has 0 bridgehead atoms. The van der Waals surface area contributed by atoms with E-state index in [-0.39, 0.29) is 40.6 Å². The van der Waals surface area contributed by atoms with E-state index in [1.54, 1.807) is 41.3 Å². The Labute approximate surface area is 259 Å². The summed E-state index contributed by atoms with van der Waals surface area (Å²) in [6.07, 6.45) is 6.14. The van der Waals surface area contributed by atoms with Gasteiger partial charge in [-0.25, -0.2) is 13.4 Å². The van der Waals surface area contributed by atoms with Crippen molar-refractivity contribution in [2.45, 2.75) is 50.2 Å². The maximum atomic E-state index is 13.6. The van der Waals surface area contributed by atoms with Crippen molar-refractivity contribution >= 4 is 21.8 Å². The summed E-state index contributed by atoms with van der Waals surface area (Å²) in [6, 6.07) is 17.8. The second-order valence-corrected chi connectivity index (χ2v) is 12.2. The number of hydrogen-bond acceptors (Lipinski definition) is 7. The molecule has 0 fully saturated rings. The Morgan fingerprint density at radius 3 is 2.16 bits per heavy atom. The number of hydrogen-bond donors (Lipinski definition) is 4. The van der Waals surface area contributed by atoms with Crippen molar-refractivity contribution in [2.24, 2.45) is 0 Å². The van der Waals surface area contributed by atoms with E-state index >= 15 is 0 Å². The van der Waals surface area contributed by atoms with Gasteiger partial charge in [0.15, 0.2) is 0 Å². The molecule has 0 aromatic heterocycles. The van der Waals surface area contributed by atoms with Gasteiger partial charge in [0.25, 0.3) is 21.8 Å². The van der Waals surface area contributed by atoms with Crippen LogP contribution in [-0.2, 0) is 16.4 Å². The van der Waals surface area contributed by atoms with Crippen LogP contribution in [0.2, 0.25) is 0 Å². The van der Waals surface area contributed by atoms with Crippen molar-refractivity contribution in [3.8, 4) is 18.1 Å². The van der Waals surface area contributed by atoms with Crippen LogP contribution in [0.15, 0.2) is 77.7 Å². The molecule has 234 valence electrons. The standard InChI is InChI=1S/C33H40N4O6S/c1-5-17-37(18-6-2)33(41)27-20-24(7-3)19-26(22-27)32(40)34-30(21-25-13-15-28(38)16-14-25)31(39)23-36(4)35-44(42,43)29-11-9-8-10-12-29/h3,8-16,19-20,22,30-31,35,38-39H,5-6,17-18,21,23H2,1-2,4H3,(H,34,40). The first kappa shape index (κ1) is 34.3. The van der Waals surface area contributed by atoms with E-state index in [2.05, 4.69) is 16.1 Å². The average molecular weight is 621 g/mol. The number of aliphatic hydroxyl groups is 1. The van der Waals surface area contributed by atoms with Gasteiger partial charge in [-0.05, 0) is 67.3 Å². The van der Waals surface area contributed by atoms with Crippen LogP contribution < -0.4 is 10.1 Å². The number of nitrogens with one attached hydrogen (secondary N) is 2. The van der Waals surface area contributed by atoms with Crippen LogP contribution in [0.1, 0.15) is 58.5 Å². The summed E-state index contributed by atoms with van der Waals surface area (Å²) < 4.78 is 25.6. The minimum Gasteiger partial charge on any atom is -0.508 e. The highest BCUT2D eigenvalue weighted by Crippen LogP contribution is 2.17. The molecule has 0 spiro atoms. The van der Waals surface area contributed by atoms with E-state index in [1.807, 2.05) is 13.8 Å². The van der Waals surface area contributed by atoms with E-state index in [4.69, 9.17) is 6.42 Å². The normalized spacial score (nSPS) is 12.7. The number of amides is 2. The number of nitrogens with zero attached hydrogens (tertiary/aromatic N) is 2. The molecule has 3 rings (SSSR count). The molecule has 0 aliphatic heterocycles. The van der Waals surface area contributed by atoms with Crippen LogP contribution >= 0.6 is 0 Å². The third-order valence-corrected chi connectivity index (χ3v) is 8.29. The molecule has 0 saturated carbocycles. The van der Waals surface area contributed by atoms with Crippen LogP contribution in [0.3, 0.4) is 0 Å². The summed E-state index contributed by atoms with van der Waals surface area (Å²) in [5, 5.41) is 25.0. The fraction of sp³-hybridized carbons (Fsp3) is 0.333. The molecule has 0 radical (unpaired) electrons. The number of likely N-dealkylation sites (N-methyl/N-ethyl adjacent to an activating group) is 1. The predicted octanol–water partition coefficient (Wildman–Crippen LogP) is 3.16. The first-order valence-electron chi connectivity index (χ1n) is 14.4. The van der Waals surface area contributed by atoms with Crippen molar-refractivity contribution in [1.82, 2.24) is 20.1 Å². The third-order valence-electron chi connectivity index (χ3n) is 6.85. The molecule has 3 aromatic carbocycles. The first-order valence-corrected chi connectivity index (χ1v) is 15.9. The van der Waals surface area contributed by atoms with Crippen LogP contribution in [0.25, 0.3) is 0 Å². The molecule has 2 amide bonds. The highest BCUT2D eigenvalue weighted by Gasteiger charge is 2.26. The third kappa shape index (κ3) is 9.65. The molecule has 0 saturated heterocycles. The summed E-state index contributed by atoms with van der Waals surface area (Å²) in [4.78, 5) is 31.1. The molecule has 2 unspecified atom stereocenters. The van der Waals surface area contributed by atoms with Crippen LogP contribution in [0.4, 0.5) is 0 Å². The zero-order valence-electron chi connectivity index (χ0n) is 25.2. The zero-order chi connectivity index (χ0) is 32.3. The number of benzene rings is 3. The molecule has 3 aromatic rings. The number of aliphatic hydroxyl groups excluding tert-OH is 1. The second-order valence-electron chi connectivity index (χ2n) is 10.5. The Bertz CT molecular complexity index is 1550. The minimum atomic E-state index is -3.90. The Kier molecular flexibility index (Phi) is 12.5. The molecule has 10 nitrogen and oxygen atoms in total. The molecule has 2 atom stereocenters. The van der Waals surface area contributed by atoms with Crippen molar-refractivity contribution in [2.75, 3.05) is 26.7 Å². The van der Waals surface area contributed by atoms with Crippen molar-refractivity contribution in [3.63, 3.8) is 0 Å². The highest BCUT2D eigenvalue weighted by molar-refractivity contribution is 7.89. The van der Waals surface area contributed by atoms with Gasteiger partial charge in [0.1, 0.15) is 5.75 Å². The van der Waals surface area contributed by atoms with E-state index in [1.165, 1.54) is 48.5 Å². The van der Waals surface area contributed by atoms with Gasteiger partial charge in [0, 0.05) is 43.4 Å². The SMILES string of the molecule is C#Cc1cc(C(=O)NC(Cc2ccc(O)cc2)C(O)CN(C)NS(=O)(=O)c2ccccc2)cc(C(=O)N(CCC)CCC)c1. The molecule has 0 heterocycles. The predicted molar refractivity (Wildman–Crippen MR) is 169 cm³/mol. The van der Waals surface area contributed by atoms with E-state index in [0.717, 1.165) is 12.8 Å². The fourth-order valence-corrected chi connectivity index (χ4v) is 5.83.